The van der Waals surface area contributed by atoms with Gasteiger partial charge < -0.3 is 5.32 Å². The van der Waals surface area contributed by atoms with Gasteiger partial charge in [-0.05, 0) is 18.1 Å². The van der Waals surface area contributed by atoms with Crippen LogP contribution in [-0.2, 0) is 13.1 Å². The Bertz CT molecular complexity index is 423. The Kier molecular flexibility index (Phi) is 6.82. The molecule has 0 saturated heterocycles. The lowest BCUT2D eigenvalue weighted by Gasteiger charge is -2.05. The third-order valence-electron chi connectivity index (χ3n) is 2.62. The zero-order valence-electron chi connectivity index (χ0n) is 11.6. The van der Waals surface area contributed by atoms with Gasteiger partial charge in [0.25, 0.3) is 0 Å². The fraction of sp³-hybridized carbons (Fsp3) is 0.294. The Morgan fingerprint density at radius 2 is 1.28 bits per heavy atom. The molecule has 0 unspecified atom stereocenters. The van der Waals surface area contributed by atoms with E-state index < -0.39 is 0 Å². The van der Waals surface area contributed by atoms with E-state index in [1.807, 2.05) is 19.9 Å². The Morgan fingerprint density at radius 1 is 0.778 bits per heavy atom. The van der Waals surface area contributed by atoms with Crippen LogP contribution in [0.3, 0.4) is 0 Å². The largest absolute Gasteiger partial charge is 0.309 e. The number of hydrogen-bond donors (Lipinski definition) is 1. The van der Waals surface area contributed by atoms with Crippen molar-refractivity contribution in [2.24, 2.45) is 0 Å². The summed E-state index contributed by atoms with van der Waals surface area (Å²) in [4.78, 5) is 0. The molecule has 0 aliphatic heterocycles. The molecule has 2 aromatic rings. The van der Waals surface area contributed by atoms with E-state index in [0.29, 0.717) is 0 Å². The molecule has 0 fully saturated rings. The molecule has 1 heteroatoms. The Hall–Kier alpha value is -1.60. The molecule has 1 N–H and O–H groups in total. The van der Waals surface area contributed by atoms with Crippen molar-refractivity contribution < 1.29 is 1.43 Å². The predicted molar refractivity (Wildman–Crippen MR) is 81.6 cm³/mol. The van der Waals surface area contributed by atoms with Crippen LogP contribution in [0.25, 0.3) is 0 Å². The van der Waals surface area contributed by atoms with Crippen molar-refractivity contribution in [1.82, 2.24) is 5.32 Å². The summed E-state index contributed by atoms with van der Waals surface area (Å²) >= 11 is 0. The Balaban J connectivity index is 0.00000103. The van der Waals surface area contributed by atoms with Gasteiger partial charge >= 0.3 is 0 Å². The average molecular weight is 243 g/mol. The lowest BCUT2D eigenvalue weighted by atomic mass is 10.1. The molecule has 0 aromatic heterocycles. The molecule has 0 spiro atoms. The number of nitrogens with one attached hydrogen (secondary N) is 1. The molecule has 0 amide bonds. The topological polar surface area (TPSA) is 12.0 Å². The van der Waals surface area contributed by atoms with E-state index >= 15 is 0 Å². The number of benzene rings is 2. The summed E-state index contributed by atoms with van der Waals surface area (Å²) in [6.07, 6.45) is 0. The highest BCUT2D eigenvalue weighted by atomic mass is 14.8. The van der Waals surface area contributed by atoms with Gasteiger partial charge in [-0.2, -0.15) is 0 Å². The molecular weight excluding hydrogens is 218 g/mol. The van der Waals surface area contributed by atoms with Crippen LogP contribution in [0.5, 0.6) is 0 Å². The highest BCUT2D eigenvalue weighted by Gasteiger charge is 1.93. The third kappa shape index (κ3) is 5.15. The van der Waals surface area contributed by atoms with Gasteiger partial charge in [-0.25, -0.2) is 0 Å². The summed E-state index contributed by atoms with van der Waals surface area (Å²) in [6, 6.07) is 19.1. The number of hydrogen-bond acceptors (Lipinski definition) is 1. The van der Waals surface area contributed by atoms with E-state index in [9.17, 15) is 0 Å². The van der Waals surface area contributed by atoms with Crippen molar-refractivity contribution >= 4 is 0 Å². The molecule has 0 bridgehead atoms. The van der Waals surface area contributed by atoms with E-state index in [1.165, 1.54) is 16.7 Å². The van der Waals surface area contributed by atoms with Crippen LogP contribution >= 0.6 is 0 Å². The average Bonchev–Trinajstić information content (AvgIpc) is 2.44. The summed E-state index contributed by atoms with van der Waals surface area (Å²) in [6.45, 7) is 7.96. The van der Waals surface area contributed by atoms with Crippen molar-refractivity contribution in [3.63, 3.8) is 0 Å². The second-order valence-electron chi connectivity index (χ2n) is 4.07. The van der Waals surface area contributed by atoms with Gasteiger partial charge in [-0.15, -0.1) is 0 Å². The standard InChI is InChI=1S/C15H17N.C2H6.H2/c1-13-7-9-15(10-8-13)12-16-11-14-5-3-2-4-6-14;1-2;/h2-10,16H,11-12H2,1H3;1-2H3;1H. The smallest absolute Gasteiger partial charge is 0.0208 e. The molecule has 0 radical (unpaired) electrons. The fourth-order valence-electron chi connectivity index (χ4n) is 1.65. The first-order valence-electron chi connectivity index (χ1n) is 6.65. The summed E-state index contributed by atoms with van der Waals surface area (Å²) in [5.74, 6) is 0. The van der Waals surface area contributed by atoms with Crippen molar-refractivity contribution in [1.29, 1.82) is 0 Å². The van der Waals surface area contributed by atoms with Gasteiger partial charge in [0.05, 0.1) is 0 Å². The van der Waals surface area contributed by atoms with E-state index in [1.54, 1.807) is 0 Å². The molecule has 1 nitrogen and oxygen atoms in total. The van der Waals surface area contributed by atoms with Gasteiger partial charge in [-0.3, -0.25) is 0 Å². The molecule has 0 heterocycles. The van der Waals surface area contributed by atoms with Crippen molar-refractivity contribution in [2.75, 3.05) is 0 Å². The molecule has 18 heavy (non-hydrogen) atoms. The van der Waals surface area contributed by atoms with Crippen molar-refractivity contribution in [2.45, 2.75) is 33.9 Å². The lowest BCUT2D eigenvalue weighted by molar-refractivity contribution is 0.693. The van der Waals surface area contributed by atoms with Gasteiger partial charge in [-0.1, -0.05) is 74.0 Å². The molecule has 0 aliphatic carbocycles. The summed E-state index contributed by atoms with van der Waals surface area (Å²) < 4.78 is 0. The van der Waals surface area contributed by atoms with Crippen molar-refractivity contribution in [3.8, 4) is 0 Å². The van der Waals surface area contributed by atoms with Crippen LogP contribution in [0.4, 0.5) is 0 Å². The summed E-state index contributed by atoms with van der Waals surface area (Å²) in [5, 5.41) is 3.44. The molecular formula is C17H25N. The third-order valence-corrected chi connectivity index (χ3v) is 2.62. The highest BCUT2D eigenvalue weighted by molar-refractivity contribution is 5.21. The first kappa shape index (κ1) is 14.5. The van der Waals surface area contributed by atoms with Crippen molar-refractivity contribution in [3.05, 3.63) is 71.3 Å². The Labute approximate surface area is 112 Å². The van der Waals surface area contributed by atoms with E-state index in [2.05, 4.69) is 60.8 Å². The predicted octanol–water partition coefficient (Wildman–Crippen LogP) is 4.56. The van der Waals surface area contributed by atoms with Gasteiger partial charge in [0.1, 0.15) is 0 Å². The number of rotatable bonds is 4. The maximum absolute atomic E-state index is 3.44. The van der Waals surface area contributed by atoms with Crippen LogP contribution in [0.15, 0.2) is 54.6 Å². The summed E-state index contributed by atoms with van der Waals surface area (Å²) in [7, 11) is 0. The molecule has 0 atom stereocenters. The highest BCUT2D eigenvalue weighted by Crippen LogP contribution is 2.03. The second-order valence-corrected chi connectivity index (χ2v) is 4.07. The van der Waals surface area contributed by atoms with E-state index in [0.717, 1.165) is 13.1 Å². The lowest BCUT2D eigenvalue weighted by Crippen LogP contribution is -2.12. The molecule has 0 aliphatic rings. The fourth-order valence-corrected chi connectivity index (χ4v) is 1.65. The minimum Gasteiger partial charge on any atom is -0.309 e. The monoisotopic (exact) mass is 243 g/mol. The van der Waals surface area contributed by atoms with Gasteiger partial charge in [0.15, 0.2) is 0 Å². The SMILES string of the molecule is CC.Cc1ccc(CNCc2ccccc2)cc1.[HH]. The first-order valence-corrected chi connectivity index (χ1v) is 6.65. The normalized spacial score (nSPS) is 9.50. The molecule has 2 rings (SSSR count). The van der Waals surface area contributed by atoms with E-state index in [4.69, 9.17) is 0 Å². The molecule has 98 valence electrons. The maximum atomic E-state index is 3.44. The van der Waals surface area contributed by atoms with Crippen LogP contribution in [-0.4, -0.2) is 0 Å². The van der Waals surface area contributed by atoms with Crippen LogP contribution in [0.1, 0.15) is 32.0 Å². The molecule has 0 saturated carbocycles. The maximum Gasteiger partial charge on any atom is 0.0208 e. The van der Waals surface area contributed by atoms with E-state index in [-0.39, 0.29) is 1.43 Å². The Morgan fingerprint density at radius 3 is 1.83 bits per heavy atom. The van der Waals surface area contributed by atoms with Gasteiger partial charge in [0.2, 0.25) is 0 Å². The van der Waals surface area contributed by atoms with Crippen LogP contribution < -0.4 is 5.32 Å². The minimum atomic E-state index is 0. The zero-order valence-corrected chi connectivity index (χ0v) is 11.6. The zero-order chi connectivity index (χ0) is 13.2. The summed E-state index contributed by atoms with van der Waals surface area (Å²) in [5.41, 5.74) is 3.97. The minimum absolute atomic E-state index is 0. The second kappa shape index (κ2) is 8.48. The van der Waals surface area contributed by atoms with Crippen LogP contribution in [0, 0.1) is 6.92 Å². The quantitative estimate of drug-likeness (QED) is 0.830. The molecule has 2 aromatic carbocycles. The van der Waals surface area contributed by atoms with Crippen LogP contribution in [0.2, 0.25) is 0 Å². The van der Waals surface area contributed by atoms with Gasteiger partial charge in [0, 0.05) is 14.5 Å². The number of aryl methyl sites for hydroxylation is 1. The first-order chi connectivity index (χ1) is 8.84.